The van der Waals surface area contributed by atoms with Crippen LogP contribution >= 0.6 is 0 Å². The SMILES string of the molecule is C=CCOc1ccc(C2CC(=O)Nc3c2c(C)nn3-c2ccc3nnc(C)n3n2)cc1OC. The minimum absolute atomic E-state index is 0.0962. The summed E-state index contributed by atoms with van der Waals surface area (Å²) in [7, 11) is 1.59. The van der Waals surface area contributed by atoms with Gasteiger partial charge in [0.2, 0.25) is 5.91 Å². The number of hydrogen-bond acceptors (Lipinski definition) is 7. The van der Waals surface area contributed by atoms with Crippen LogP contribution in [0.4, 0.5) is 5.82 Å². The van der Waals surface area contributed by atoms with Gasteiger partial charge in [-0.1, -0.05) is 18.7 Å². The van der Waals surface area contributed by atoms with Crippen LogP contribution < -0.4 is 14.8 Å². The van der Waals surface area contributed by atoms with E-state index in [1.807, 2.05) is 38.1 Å². The highest BCUT2D eigenvalue weighted by Gasteiger charge is 2.33. The third-order valence-electron chi connectivity index (χ3n) is 5.67. The number of rotatable bonds is 6. The Morgan fingerprint density at radius 3 is 2.82 bits per heavy atom. The number of benzene rings is 1. The predicted octanol–water partition coefficient (Wildman–Crippen LogP) is 2.97. The molecule has 0 bridgehead atoms. The number of carbonyl (C=O) groups is 1. The second-order valence-corrected chi connectivity index (χ2v) is 7.78. The average molecular weight is 445 g/mol. The van der Waals surface area contributed by atoms with Crippen molar-refractivity contribution in [2.75, 3.05) is 19.0 Å². The Morgan fingerprint density at radius 2 is 2.03 bits per heavy atom. The van der Waals surface area contributed by atoms with Gasteiger partial charge in [-0.15, -0.1) is 15.3 Å². The summed E-state index contributed by atoms with van der Waals surface area (Å²) < 4.78 is 14.5. The van der Waals surface area contributed by atoms with E-state index >= 15 is 0 Å². The van der Waals surface area contributed by atoms with Crippen molar-refractivity contribution in [1.29, 1.82) is 0 Å². The van der Waals surface area contributed by atoms with Gasteiger partial charge in [0.1, 0.15) is 12.4 Å². The van der Waals surface area contributed by atoms with Gasteiger partial charge in [-0.2, -0.15) is 14.3 Å². The fraction of sp³-hybridized carbons (Fsp3) is 0.261. The van der Waals surface area contributed by atoms with Gasteiger partial charge in [0.25, 0.3) is 0 Å². The lowest BCUT2D eigenvalue weighted by Gasteiger charge is -2.25. The predicted molar refractivity (Wildman–Crippen MR) is 121 cm³/mol. The van der Waals surface area contributed by atoms with Crippen molar-refractivity contribution in [1.82, 2.24) is 29.6 Å². The summed E-state index contributed by atoms with van der Waals surface area (Å²) in [6, 6.07) is 9.35. The number of ether oxygens (including phenoxy) is 2. The van der Waals surface area contributed by atoms with Gasteiger partial charge < -0.3 is 14.8 Å². The number of carbonyl (C=O) groups excluding carboxylic acids is 1. The van der Waals surface area contributed by atoms with Gasteiger partial charge in [0.15, 0.2) is 28.8 Å². The van der Waals surface area contributed by atoms with Gasteiger partial charge in [-0.05, 0) is 43.7 Å². The largest absolute Gasteiger partial charge is 0.493 e. The number of aromatic nitrogens is 6. The molecule has 1 aliphatic heterocycles. The van der Waals surface area contributed by atoms with E-state index in [1.165, 1.54) is 0 Å². The first kappa shape index (κ1) is 20.7. The molecule has 0 saturated heterocycles. The van der Waals surface area contributed by atoms with Crippen molar-refractivity contribution in [3.63, 3.8) is 0 Å². The molecule has 0 aliphatic carbocycles. The molecule has 10 heteroatoms. The van der Waals surface area contributed by atoms with Crippen LogP contribution in [0.1, 0.15) is 35.0 Å². The summed E-state index contributed by atoms with van der Waals surface area (Å²) in [5, 5.41) is 20.4. The van der Waals surface area contributed by atoms with E-state index in [1.54, 1.807) is 28.4 Å². The maximum Gasteiger partial charge on any atom is 0.226 e. The molecule has 0 saturated carbocycles. The summed E-state index contributed by atoms with van der Waals surface area (Å²) in [6.07, 6.45) is 1.97. The molecule has 4 aromatic rings. The smallest absolute Gasteiger partial charge is 0.226 e. The first-order chi connectivity index (χ1) is 16.0. The second-order valence-electron chi connectivity index (χ2n) is 7.78. The molecule has 1 unspecified atom stereocenters. The number of hydrogen-bond donors (Lipinski definition) is 1. The minimum atomic E-state index is -0.190. The zero-order chi connectivity index (χ0) is 23.1. The van der Waals surface area contributed by atoms with Crippen LogP contribution in [0.15, 0.2) is 43.0 Å². The van der Waals surface area contributed by atoms with E-state index in [0.29, 0.717) is 47.6 Å². The number of methoxy groups -OCH3 is 1. The highest BCUT2D eigenvalue weighted by atomic mass is 16.5. The number of anilines is 1. The quantitative estimate of drug-likeness (QED) is 0.455. The lowest BCUT2D eigenvalue weighted by Crippen LogP contribution is -2.25. The van der Waals surface area contributed by atoms with E-state index in [-0.39, 0.29) is 11.8 Å². The van der Waals surface area contributed by atoms with E-state index < -0.39 is 0 Å². The van der Waals surface area contributed by atoms with Crippen LogP contribution in [0, 0.1) is 13.8 Å². The molecule has 3 aromatic heterocycles. The number of fused-ring (bicyclic) bond motifs is 2. The molecule has 5 rings (SSSR count). The van der Waals surface area contributed by atoms with Gasteiger partial charge in [0.05, 0.1) is 12.8 Å². The highest BCUT2D eigenvalue weighted by Crippen LogP contribution is 2.42. The van der Waals surface area contributed by atoms with E-state index in [9.17, 15) is 4.79 Å². The molecule has 33 heavy (non-hydrogen) atoms. The van der Waals surface area contributed by atoms with Crippen LogP contribution in [0.2, 0.25) is 0 Å². The van der Waals surface area contributed by atoms with Crippen LogP contribution in [0.5, 0.6) is 11.5 Å². The summed E-state index contributed by atoms with van der Waals surface area (Å²) in [4.78, 5) is 12.7. The Morgan fingerprint density at radius 1 is 1.18 bits per heavy atom. The van der Waals surface area contributed by atoms with Gasteiger partial charge in [0, 0.05) is 17.9 Å². The third kappa shape index (κ3) is 3.49. The number of nitrogens with zero attached hydrogens (tertiary/aromatic N) is 6. The lowest BCUT2D eigenvalue weighted by atomic mass is 9.85. The van der Waals surface area contributed by atoms with Crippen LogP contribution in [0.3, 0.4) is 0 Å². The Bertz CT molecular complexity index is 1390. The summed E-state index contributed by atoms with van der Waals surface area (Å²) in [5.41, 5.74) is 3.33. The Kier molecular flexibility index (Phi) is 5.04. The van der Waals surface area contributed by atoms with Gasteiger partial charge in [-0.3, -0.25) is 4.79 Å². The second kappa shape index (κ2) is 8.05. The number of nitrogens with one attached hydrogen (secondary N) is 1. The number of amides is 1. The molecule has 0 fully saturated rings. The summed E-state index contributed by atoms with van der Waals surface area (Å²) >= 11 is 0. The van der Waals surface area contributed by atoms with Crippen molar-refractivity contribution < 1.29 is 14.3 Å². The molecule has 1 aliphatic rings. The Labute approximate surface area is 189 Å². The van der Waals surface area contributed by atoms with Crippen molar-refractivity contribution in [3.05, 3.63) is 65.6 Å². The Balaban J connectivity index is 1.60. The van der Waals surface area contributed by atoms with Crippen molar-refractivity contribution >= 4 is 17.4 Å². The highest BCUT2D eigenvalue weighted by molar-refractivity contribution is 5.95. The van der Waals surface area contributed by atoms with Crippen molar-refractivity contribution in [2.24, 2.45) is 0 Å². The first-order valence-corrected chi connectivity index (χ1v) is 10.5. The molecular weight excluding hydrogens is 422 g/mol. The van der Waals surface area contributed by atoms with Crippen molar-refractivity contribution in [2.45, 2.75) is 26.2 Å². The number of aryl methyl sites for hydroxylation is 2. The monoisotopic (exact) mass is 445 g/mol. The standard InChI is InChI=1S/C23H23N7O3/c1-5-10-33-17-7-6-15(11-18(17)32-4)16-12-21(31)24-23-22(16)13(2)27-30(23)20-9-8-19-26-25-14(3)29(19)28-20/h5-9,11,16H,1,10,12H2,2-4H3,(H,24,31). The zero-order valence-electron chi connectivity index (χ0n) is 18.6. The lowest BCUT2D eigenvalue weighted by molar-refractivity contribution is -0.116. The van der Waals surface area contributed by atoms with E-state index in [0.717, 1.165) is 16.8 Å². The van der Waals surface area contributed by atoms with Crippen LogP contribution in [0.25, 0.3) is 11.5 Å². The third-order valence-corrected chi connectivity index (χ3v) is 5.67. The molecule has 1 aromatic carbocycles. The average Bonchev–Trinajstić information content (AvgIpc) is 3.36. The maximum absolute atomic E-state index is 12.7. The molecular formula is C23H23N7O3. The minimum Gasteiger partial charge on any atom is -0.493 e. The van der Waals surface area contributed by atoms with Gasteiger partial charge >= 0.3 is 0 Å². The molecule has 1 amide bonds. The summed E-state index contributed by atoms with van der Waals surface area (Å²) in [6.45, 7) is 7.81. The molecule has 10 nitrogen and oxygen atoms in total. The van der Waals surface area contributed by atoms with Crippen LogP contribution in [-0.4, -0.2) is 49.2 Å². The molecule has 1 atom stereocenters. The fourth-order valence-corrected chi connectivity index (χ4v) is 4.17. The molecule has 1 N–H and O–H groups in total. The van der Waals surface area contributed by atoms with Crippen LogP contribution in [-0.2, 0) is 4.79 Å². The Hall–Kier alpha value is -4.21. The zero-order valence-corrected chi connectivity index (χ0v) is 18.6. The van der Waals surface area contributed by atoms with E-state index in [2.05, 4.69) is 27.2 Å². The fourth-order valence-electron chi connectivity index (χ4n) is 4.17. The normalized spacial score (nSPS) is 15.2. The molecule has 168 valence electrons. The van der Waals surface area contributed by atoms with E-state index in [4.69, 9.17) is 14.6 Å². The molecule has 4 heterocycles. The molecule has 0 radical (unpaired) electrons. The maximum atomic E-state index is 12.7. The topological polar surface area (TPSA) is 108 Å². The summed E-state index contributed by atoms with van der Waals surface area (Å²) in [5.74, 6) is 2.76. The first-order valence-electron chi connectivity index (χ1n) is 10.5. The van der Waals surface area contributed by atoms with Crippen molar-refractivity contribution in [3.8, 4) is 17.3 Å². The molecule has 0 spiro atoms. The van der Waals surface area contributed by atoms with Gasteiger partial charge in [-0.25, -0.2) is 0 Å².